The number of nitrogens with zero attached hydrogens (tertiary/aromatic N) is 2. The molecule has 2 aliphatic heterocycles. The number of hydrogen-bond donors (Lipinski definition) is 2. The maximum atomic E-state index is 13.9. The number of methoxy groups -OCH3 is 2. The minimum absolute atomic E-state index is 0.308. The van der Waals surface area contributed by atoms with E-state index >= 15 is 0 Å². The van der Waals surface area contributed by atoms with Gasteiger partial charge in [0.25, 0.3) is 0 Å². The number of aliphatic hydroxyl groups excluding tert-OH is 2. The first-order valence-corrected chi connectivity index (χ1v) is 17.0. The number of ether oxygens (including phenoxy) is 2. The molecule has 3 aliphatic rings. The second-order valence-electron chi connectivity index (χ2n) is 13.5. The first-order chi connectivity index (χ1) is 24.4. The van der Waals surface area contributed by atoms with Crippen LogP contribution in [0.2, 0.25) is 0 Å². The lowest BCUT2D eigenvalue weighted by Gasteiger charge is -2.78. The minimum atomic E-state index is -1.04. The molecule has 1 aliphatic carbocycles. The lowest BCUT2D eigenvalue weighted by molar-refractivity contribution is -0.264. The van der Waals surface area contributed by atoms with E-state index in [1.807, 2.05) is 134 Å². The summed E-state index contributed by atoms with van der Waals surface area (Å²) in [6, 6.07) is 38.3. The monoisotopic (exact) mass is 670 g/mol. The number of hydrogen-bond acceptors (Lipinski definition) is 8. The average molecular weight is 671 g/mol. The first-order valence-electron chi connectivity index (χ1n) is 17.0. The molecule has 50 heavy (non-hydrogen) atoms. The highest BCUT2D eigenvalue weighted by molar-refractivity contribution is 5.92. The van der Waals surface area contributed by atoms with Crippen LogP contribution in [0.5, 0.6) is 0 Å². The molecule has 0 spiro atoms. The van der Waals surface area contributed by atoms with Crippen LogP contribution in [0.3, 0.4) is 0 Å². The molecule has 4 aromatic carbocycles. The number of benzene rings is 4. The van der Waals surface area contributed by atoms with Crippen molar-refractivity contribution in [3.63, 3.8) is 0 Å². The summed E-state index contributed by atoms with van der Waals surface area (Å²) in [5, 5.41) is 24.1. The van der Waals surface area contributed by atoms with Gasteiger partial charge in [0.1, 0.15) is 0 Å². The van der Waals surface area contributed by atoms with Gasteiger partial charge in [-0.1, -0.05) is 121 Å². The second-order valence-corrected chi connectivity index (χ2v) is 13.5. The van der Waals surface area contributed by atoms with Gasteiger partial charge in [-0.15, -0.1) is 0 Å². The van der Waals surface area contributed by atoms with Crippen LogP contribution in [0.4, 0.5) is 0 Å². The van der Waals surface area contributed by atoms with Gasteiger partial charge in [-0.25, -0.2) is 9.59 Å². The van der Waals surface area contributed by atoms with Crippen molar-refractivity contribution in [1.82, 2.24) is 9.80 Å². The van der Waals surface area contributed by atoms with Crippen LogP contribution in [0.15, 0.2) is 145 Å². The Labute approximate surface area is 292 Å². The topological polar surface area (TPSA) is 99.5 Å². The summed E-state index contributed by atoms with van der Waals surface area (Å²) in [7, 11) is 2.75. The van der Waals surface area contributed by atoms with E-state index in [1.165, 1.54) is 14.2 Å². The van der Waals surface area contributed by atoms with Crippen molar-refractivity contribution >= 4 is 11.9 Å². The molecule has 6 atom stereocenters. The molecule has 1 fully saturated rings. The van der Waals surface area contributed by atoms with Gasteiger partial charge in [-0.2, -0.15) is 0 Å². The van der Waals surface area contributed by atoms with E-state index in [2.05, 4.69) is 9.80 Å². The summed E-state index contributed by atoms with van der Waals surface area (Å²) in [4.78, 5) is 32.0. The Morgan fingerprint density at radius 3 is 1.18 bits per heavy atom. The second kappa shape index (κ2) is 13.6. The third-order valence-electron chi connectivity index (χ3n) is 11.1. The van der Waals surface area contributed by atoms with Crippen LogP contribution in [0.25, 0.3) is 0 Å². The third kappa shape index (κ3) is 5.13. The zero-order chi connectivity index (χ0) is 34.9. The van der Waals surface area contributed by atoms with Crippen molar-refractivity contribution in [2.45, 2.75) is 37.0 Å². The van der Waals surface area contributed by atoms with Gasteiger partial charge >= 0.3 is 11.9 Å². The Hall–Kier alpha value is -5.18. The Morgan fingerprint density at radius 1 is 0.560 bits per heavy atom. The van der Waals surface area contributed by atoms with E-state index in [0.29, 0.717) is 24.2 Å². The predicted molar refractivity (Wildman–Crippen MR) is 189 cm³/mol. The number of rotatable bonds is 10. The third-order valence-corrected chi connectivity index (χ3v) is 11.1. The molecule has 2 N–H and O–H groups in total. The zero-order valence-electron chi connectivity index (χ0n) is 28.3. The summed E-state index contributed by atoms with van der Waals surface area (Å²) in [6.45, 7) is 0.164. The van der Waals surface area contributed by atoms with E-state index in [4.69, 9.17) is 9.47 Å². The van der Waals surface area contributed by atoms with Gasteiger partial charge in [0.15, 0.2) is 0 Å². The van der Waals surface area contributed by atoms with Gasteiger partial charge < -0.3 is 29.5 Å². The number of fused-ring (bicyclic) bond motifs is 4. The van der Waals surface area contributed by atoms with Gasteiger partial charge in [0.2, 0.25) is 0 Å². The van der Waals surface area contributed by atoms with Gasteiger partial charge in [-0.05, 0) is 22.3 Å². The minimum Gasteiger partial charge on any atom is -0.466 e. The molecule has 0 saturated heterocycles. The van der Waals surface area contributed by atoms with Crippen LogP contribution >= 0.6 is 0 Å². The van der Waals surface area contributed by atoms with E-state index < -0.39 is 46.7 Å². The Kier molecular flexibility index (Phi) is 9.07. The molecule has 0 bridgehead atoms. The number of aliphatic hydroxyl groups is 2. The van der Waals surface area contributed by atoms with Crippen LogP contribution in [-0.2, 0) is 32.2 Å². The lowest BCUT2D eigenvalue weighted by atomic mass is 9.34. The number of carbonyl (C=O) groups excluding carboxylic acids is 2. The van der Waals surface area contributed by atoms with Crippen molar-refractivity contribution in [3.05, 3.63) is 167 Å². The fourth-order valence-electron chi connectivity index (χ4n) is 9.54. The fraction of sp³-hybridized carbons (Fsp3) is 0.286. The molecular formula is C42H42N2O6. The van der Waals surface area contributed by atoms with E-state index in [1.54, 1.807) is 0 Å². The number of esters is 2. The highest BCUT2D eigenvalue weighted by Gasteiger charge is 2.80. The molecule has 4 aromatic rings. The highest BCUT2D eigenvalue weighted by atomic mass is 16.5. The van der Waals surface area contributed by atoms with Crippen molar-refractivity contribution in [2.24, 2.45) is 10.8 Å². The van der Waals surface area contributed by atoms with Crippen molar-refractivity contribution in [2.75, 3.05) is 27.4 Å². The fourth-order valence-corrected chi connectivity index (χ4v) is 9.54. The van der Waals surface area contributed by atoms with Crippen molar-refractivity contribution in [3.8, 4) is 0 Å². The SMILES string of the molecule is COC(=O)C1=CN(Cc2ccccc2)C2C(CO)(C3N(Cc4ccccc4)C=C(C(=O)OC)[C@@H](c4ccccc4)C23CO)[C@H]1c1ccccc1. The standard InChI is InChI=1S/C42H42N2O6/c1-49-37(47)33-25-43(23-29-15-7-3-8-16-29)39-41(27-45,35(33)31-19-11-5-12-20-31)40-42(39,28-46)36(32-21-13-6-14-22-32)34(38(48)50-2)26-44(40)24-30-17-9-4-10-18-30/h3-22,25-26,35-36,39-40,45-46H,23-24,27-28H2,1-2H3/t35-,36+,39?,40?,41?,42?. The van der Waals surface area contributed by atoms with Gasteiger partial charge in [0, 0.05) is 48.2 Å². The molecule has 8 heteroatoms. The summed E-state index contributed by atoms with van der Waals surface area (Å²) < 4.78 is 10.9. The summed E-state index contributed by atoms with van der Waals surface area (Å²) >= 11 is 0. The average Bonchev–Trinajstić information content (AvgIpc) is 3.16. The smallest absolute Gasteiger partial charge is 0.335 e. The van der Waals surface area contributed by atoms with E-state index in [0.717, 1.165) is 22.3 Å². The normalized spacial score (nSPS) is 26.8. The first kappa shape index (κ1) is 33.3. The quantitative estimate of drug-likeness (QED) is 0.216. The predicted octanol–water partition coefficient (Wildman–Crippen LogP) is 5.41. The Balaban J connectivity index is 1.56. The molecule has 256 valence electrons. The molecule has 4 unspecified atom stereocenters. The van der Waals surface area contributed by atoms with E-state index in [-0.39, 0.29) is 13.2 Å². The summed E-state index contributed by atoms with van der Waals surface area (Å²) in [6.07, 6.45) is 3.73. The summed E-state index contributed by atoms with van der Waals surface area (Å²) in [5.41, 5.74) is 2.45. The number of carbonyl (C=O) groups is 2. The van der Waals surface area contributed by atoms with Crippen LogP contribution in [0, 0.1) is 10.8 Å². The molecule has 1 saturated carbocycles. The largest absolute Gasteiger partial charge is 0.466 e. The Bertz CT molecular complexity index is 1730. The Morgan fingerprint density at radius 2 is 0.880 bits per heavy atom. The van der Waals surface area contributed by atoms with Gasteiger partial charge in [0.05, 0.1) is 50.7 Å². The van der Waals surface area contributed by atoms with Crippen molar-refractivity contribution < 1.29 is 29.3 Å². The molecule has 0 aromatic heterocycles. The van der Waals surface area contributed by atoms with Crippen LogP contribution in [0.1, 0.15) is 34.1 Å². The molecule has 0 radical (unpaired) electrons. The molecule has 8 nitrogen and oxygen atoms in total. The van der Waals surface area contributed by atoms with E-state index in [9.17, 15) is 19.8 Å². The maximum Gasteiger partial charge on any atom is 0.335 e. The van der Waals surface area contributed by atoms with Crippen LogP contribution in [-0.4, -0.2) is 71.5 Å². The molecule has 7 rings (SSSR count). The lowest BCUT2D eigenvalue weighted by Crippen LogP contribution is -2.86. The highest BCUT2D eigenvalue weighted by Crippen LogP contribution is 2.74. The van der Waals surface area contributed by atoms with Crippen LogP contribution < -0.4 is 0 Å². The molecule has 2 heterocycles. The molecular weight excluding hydrogens is 628 g/mol. The van der Waals surface area contributed by atoms with Gasteiger partial charge in [-0.3, -0.25) is 0 Å². The summed E-state index contributed by atoms with van der Waals surface area (Å²) in [5.74, 6) is -2.18. The van der Waals surface area contributed by atoms with Crippen molar-refractivity contribution in [1.29, 1.82) is 0 Å². The molecule has 0 amide bonds. The maximum absolute atomic E-state index is 13.9. The zero-order valence-corrected chi connectivity index (χ0v) is 28.3.